The van der Waals surface area contributed by atoms with E-state index in [1.807, 2.05) is 30.3 Å². The predicted octanol–water partition coefficient (Wildman–Crippen LogP) is 3.97. The zero-order chi connectivity index (χ0) is 15.2. The Kier molecular flexibility index (Phi) is 4.73. The van der Waals surface area contributed by atoms with Crippen molar-refractivity contribution in [3.63, 3.8) is 0 Å². The van der Waals surface area contributed by atoms with E-state index in [2.05, 4.69) is 20.6 Å². The fraction of sp³-hybridized carbons (Fsp3) is 0.412. The standard InChI is InChI=1S/C17H22N4O/c1-22-15-9-7-14(8-10-15)20-17-18-12-11-16(21-17)19-13-5-3-2-4-6-13/h7-13H,2-6H2,1H3,(H2,18,19,20,21). The normalized spacial score (nSPS) is 15.3. The molecule has 1 saturated carbocycles. The number of hydrogen-bond donors (Lipinski definition) is 2. The number of nitrogens with one attached hydrogen (secondary N) is 2. The predicted molar refractivity (Wildman–Crippen MR) is 88.8 cm³/mol. The molecule has 5 heteroatoms. The highest BCUT2D eigenvalue weighted by Crippen LogP contribution is 2.22. The zero-order valence-electron chi connectivity index (χ0n) is 12.9. The summed E-state index contributed by atoms with van der Waals surface area (Å²) in [7, 11) is 1.66. The Labute approximate surface area is 131 Å². The van der Waals surface area contributed by atoms with Gasteiger partial charge in [0.1, 0.15) is 11.6 Å². The molecule has 1 fully saturated rings. The van der Waals surface area contributed by atoms with Crippen molar-refractivity contribution in [3.05, 3.63) is 36.5 Å². The van der Waals surface area contributed by atoms with E-state index in [1.165, 1.54) is 32.1 Å². The van der Waals surface area contributed by atoms with Gasteiger partial charge in [-0.2, -0.15) is 4.98 Å². The van der Waals surface area contributed by atoms with E-state index in [9.17, 15) is 0 Å². The number of anilines is 3. The molecule has 1 aromatic carbocycles. The first-order valence-electron chi connectivity index (χ1n) is 7.84. The number of methoxy groups -OCH3 is 1. The van der Waals surface area contributed by atoms with Crippen molar-refractivity contribution in [1.82, 2.24) is 9.97 Å². The largest absolute Gasteiger partial charge is 0.497 e. The highest BCUT2D eigenvalue weighted by Gasteiger charge is 2.13. The van der Waals surface area contributed by atoms with Gasteiger partial charge in [-0.15, -0.1) is 0 Å². The van der Waals surface area contributed by atoms with E-state index in [0.29, 0.717) is 12.0 Å². The van der Waals surface area contributed by atoms with Gasteiger partial charge in [0.15, 0.2) is 0 Å². The molecular formula is C17H22N4O. The van der Waals surface area contributed by atoms with Gasteiger partial charge in [-0.3, -0.25) is 0 Å². The average molecular weight is 298 g/mol. The summed E-state index contributed by atoms with van der Waals surface area (Å²) in [6.07, 6.45) is 8.20. The van der Waals surface area contributed by atoms with Gasteiger partial charge in [0.05, 0.1) is 7.11 Å². The van der Waals surface area contributed by atoms with Crippen LogP contribution in [0.2, 0.25) is 0 Å². The molecule has 0 aliphatic heterocycles. The van der Waals surface area contributed by atoms with Gasteiger partial charge in [-0.25, -0.2) is 4.98 Å². The number of nitrogens with zero attached hydrogens (tertiary/aromatic N) is 2. The van der Waals surface area contributed by atoms with Crippen LogP contribution >= 0.6 is 0 Å². The van der Waals surface area contributed by atoms with E-state index < -0.39 is 0 Å². The van der Waals surface area contributed by atoms with Gasteiger partial charge in [-0.05, 0) is 43.2 Å². The summed E-state index contributed by atoms with van der Waals surface area (Å²) in [4.78, 5) is 8.82. The lowest BCUT2D eigenvalue weighted by molar-refractivity contribution is 0.415. The van der Waals surface area contributed by atoms with Crippen molar-refractivity contribution in [2.75, 3.05) is 17.7 Å². The molecule has 1 aliphatic carbocycles. The van der Waals surface area contributed by atoms with Crippen LogP contribution in [0.3, 0.4) is 0 Å². The molecule has 2 N–H and O–H groups in total. The second-order valence-corrected chi connectivity index (χ2v) is 5.60. The van der Waals surface area contributed by atoms with E-state index in [0.717, 1.165) is 17.3 Å². The quantitative estimate of drug-likeness (QED) is 0.874. The highest BCUT2D eigenvalue weighted by molar-refractivity contribution is 5.55. The number of benzene rings is 1. The topological polar surface area (TPSA) is 59.1 Å². The van der Waals surface area contributed by atoms with Crippen LogP contribution in [0.25, 0.3) is 0 Å². The summed E-state index contributed by atoms with van der Waals surface area (Å²) in [5.74, 6) is 2.32. The Morgan fingerprint density at radius 1 is 1.05 bits per heavy atom. The third-order valence-electron chi connectivity index (χ3n) is 3.96. The van der Waals surface area contributed by atoms with E-state index in [-0.39, 0.29) is 0 Å². The lowest BCUT2D eigenvalue weighted by Gasteiger charge is -2.23. The second-order valence-electron chi connectivity index (χ2n) is 5.60. The molecule has 22 heavy (non-hydrogen) atoms. The average Bonchev–Trinajstić information content (AvgIpc) is 2.57. The van der Waals surface area contributed by atoms with Gasteiger partial charge in [0.2, 0.25) is 5.95 Å². The van der Waals surface area contributed by atoms with Gasteiger partial charge in [0, 0.05) is 17.9 Å². The zero-order valence-corrected chi connectivity index (χ0v) is 12.9. The van der Waals surface area contributed by atoms with Crippen LogP contribution in [-0.4, -0.2) is 23.1 Å². The summed E-state index contributed by atoms with van der Waals surface area (Å²) < 4.78 is 5.15. The molecule has 1 aliphatic rings. The van der Waals surface area contributed by atoms with Crippen LogP contribution < -0.4 is 15.4 Å². The fourth-order valence-corrected chi connectivity index (χ4v) is 2.76. The molecule has 1 heterocycles. The van der Waals surface area contributed by atoms with Crippen LogP contribution in [0.5, 0.6) is 5.75 Å². The smallest absolute Gasteiger partial charge is 0.229 e. The molecule has 0 unspecified atom stereocenters. The third-order valence-corrected chi connectivity index (χ3v) is 3.96. The molecule has 2 aromatic rings. The van der Waals surface area contributed by atoms with Crippen molar-refractivity contribution in [3.8, 4) is 5.75 Å². The van der Waals surface area contributed by atoms with Crippen LogP contribution in [0, 0.1) is 0 Å². The molecule has 116 valence electrons. The molecule has 0 saturated heterocycles. The lowest BCUT2D eigenvalue weighted by Crippen LogP contribution is -2.22. The number of rotatable bonds is 5. The van der Waals surface area contributed by atoms with Crippen molar-refractivity contribution >= 4 is 17.5 Å². The SMILES string of the molecule is COc1ccc(Nc2nccc(NC3CCCCC3)n2)cc1. The first kappa shape index (κ1) is 14.6. The maximum Gasteiger partial charge on any atom is 0.229 e. The van der Waals surface area contributed by atoms with E-state index >= 15 is 0 Å². The van der Waals surface area contributed by atoms with Crippen molar-refractivity contribution in [2.24, 2.45) is 0 Å². The molecule has 0 atom stereocenters. The lowest BCUT2D eigenvalue weighted by atomic mass is 9.95. The second kappa shape index (κ2) is 7.11. The monoisotopic (exact) mass is 298 g/mol. The molecule has 0 bridgehead atoms. The first-order chi connectivity index (χ1) is 10.8. The van der Waals surface area contributed by atoms with Crippen LogP contribution in [0.1, 0.15) is 32.1 Å². The van der Waals surface area contributed by atoms with E-state index in [1.54, 1.807) is 13.3 Å². The fourth-order valence-electron chi connectivity index (χ4n) is 2.76. The Morgan fingerprint density at radius 2 is 1.82 bits per heavy atom. The summed E-state index contributed by atoms with van der Waals surface area (Å²) in [6, 6.07) is 10.2. The molecule has 0 radical (unpaired) electrons. The summed E-state index contributed by atoms with van der Waals surface area (Å²) in [5, 5.41) is 6.73. The Bertz CT molecular complexity index is 594. The summed E-state index contributed by atoms with van der Waals surface area (Å²) in [5.41, 5.74) is 0.940. The number of aromatic nitrogens is 2. The van der Waals surface area contributed by atoms with Gasteiger partial charge < -0.3 is 15.4 Å². The number of hydrogen-bond acceptors (Lipinski definition) is 5. The molecule has 0 spiro atoms. The third kappa shape index (κ3) is 3.87. The molecule has 5 nitrogen and oxygen atoms in total. The molecular weight excluding hydrogens is 276 g/mol. The highest BCUT2D eigenvalue weighted by atomic mass is 16.5. The minimum absolute atomic E-state index is 0.539. The van der Waals surface area contributed by atoms with Crippen molar-refractivity contribution < 1.29 is 4.74 Å². The van der Waals surface area contributed by atoms with Crippen molar-refractivity contribution in [2.45, 2.75) is 38.1 Å². The van der Waals surface area contributed by atoms with E-state index in [4.69, 9.17) is 4.74 Å². The van der Waals surface area contributed by atoms with Gasteiger partial charge in [-0.1, -0.05) is 19.3 Å². The Hall–Kier alpha value is -2.30. The molecule has 1 aromatic heterocycles. The van der Waals surface area contributed by atoms with Crippen LogP contribution in [0.15, 0.2) is 36.5 Å². The maximum atomic E-state index is 5.15. The minimum atomic E-state index is 0.539. The number of ether oxygens (including phenoxy) is 1. The van der Waals surface area contributed by atoms with Crippen molar-refractivity contribution in [1.29, 1.82) is 0 Å². The minimum Gasteiger partial charge on any atom is -0.497 e. The Balaban J connectivity index is 1.64. The van der Waals surface area contributed by atoms with Crippen LogP contribution in [0.4, 0.5) is 17.5 Å². The van der Waals surface area contributed by atoms with Crippen LogP contribution in [-0.2, 0) is 0 Å². The van der Waals surface area contributed by atoms with Gasteiger partial charge >= 0.3 is 0 Å². The maximum absolute atomic E-state index is 5.15. The Morgan fingerprint density at radius 3 is 2.55 bits per heavy atom. The molecule has 3 rings (SSSR count). The molecule has 0 amide bonds. The summed E-state index contributed by atoms with van der Waals surface area (Å²) >= 11 is 0. The summed E-state index contributed by atoms with van der Waals surface area (Å²) in [6.45, 7) is 0. The van der Waals surface area contributed by atoms with Gasteiger partial charge in [0.25, 0.3) is 0 Å². The first-order valence-corrected chi connectivity index (χ1v) is 7.84.